The summed E-state index contributed by atoms with van der Waals surface area (Å²) >= 11 is 0. The van der Waals surface area contributed by atoms with Gasteiger partial charge in [-0.05, 0) is 62.9 Å². The maximum Gasteiger partial charge on any atom is 0.338 e. The molecule has 2 aromatic carbocycles. The molecule has 0 spiro atoms. The number of allylic oxidation sites excluding steroid dienone is 1. The molecule has 3 heterocycles. The molecule has 0 bridgehead atoms. The van der Waals surface area contributed by atoms with Crippen molar-refractivity contribution in [1.29, 1.82) is 0 Å². The number of anilines is 2. The zero-order chi connectivity index (χ0) is 25.2. The molecule has 0 saturated carbocycles. The quantitative estimate of drug-likeness (QED) is 0.345. The van der Waals surface area contributed by atoms with Crippen molar-refractivity contribution < 1.29 is 14.3 Å². The first kappa shape index (κ1) is 23.7. The molecule has 0 amide bonds. The molecular weight excluding hydrogens is 456 g/mol. The molecule has 1 unspecified atom stereocenters. The van der Waals surface area contributed by atoms with Gasteiger partial charge in [0.05, 0.1) is 23.9 Å². The molecule has 4 aromatic rings. The van der Waals surface area contributed by atoms with Crippen LogP contribution in [0.2, 0.25) is 0 Å². The van der Waals surface area contributed by atoms with Crippen LogP contribution in [-0.4, -0.2) is 43.7 Å². The van der Waals surface area contributed by atoms with E-state index in [-0.39, 0.29) is 12.2 Å². The van der Waals surface area contributed by atoms with Gasteiger partial charge in [-0.2, -0.15) is 10.1 Å². The Morgan fingerprint density at radius 3 is 2.72 bits per heavy atom. The Balaban J connectivity index is 1.44. The van der Waals surface area contributed by atoms with Crippen molar-refractivity contribution in [3.05, 3.63) is 60.3 Å². The average Bonchev–Trinajstić information content (AvgIpc) is 3.48. The van der Waals surface area contributed by atoms with Crippen LogP contribution in [0.5, 0.6) is 0 Å². The summed E-state index contributed by atoms with van der Waals surface area (Å²) in [6.45, 7) is 9.09. The van der Waals surface area contributed by atoms with Crippen molar-refractivity contribution >= 4 is 34.1 Å². The van der Waals surface area contributed by atoms with E-state index in [1.54, 1.807) is 23.7 Å². The molecule has 186 valence electrons. The standard InChI is InChI=1S/C27H30N6O3/c1-5-35-26(34)19-11-9-18(10-12-19)25-30-27(32(4)31-25)29-21-13-14-22-20(24(21)17(2)3)16-28-33(22)23-8-6-7-15-36-23/h9-14,16,23H,2,5-8,15H2,1,3-4H3,(H,29,30,31). The lowest BCUT2D eigenvalue weighted by Crippen LogP contribution is -2.18. The van der Waals surface area contributed by atoms with Gasteiger partial charge < -0.3 is 14.8 Å². The molecule has 1 aliphatic rings. The summed E-state index contributed by atoms with van der Waals surface area (Å²) in [6, 6.07) is 11.2. The fourth-order valence-corrected chi connectivity index (χ4v) is 4.54. The van der Waals surface area contributed by atoms with E-state index >= 15 is 0 Å². The van der Waals surface area contributed by atoms with Crippen LogP contribution in [-0.2, 0) is 16.5 Å². The lowest BCUT2D eigenvalue weighted by molar-refractivity contribution is -0.0366. The minimum Gasteiger partial charge on any atom is -0.462 e. The minimum atomic E-state index is -0.346. The van der Waals surface area contributed by atoms with E-state index < -0.39 is 0 Å². The average molecular weight is 487 g/mol. The Hall–Kier alpha value is -3.98. The van der Waals surface area contributed by atoms with E-state index in [2.05, 4.69) is 28.2 Å². The Labute approximate surface area is 209 Å². The maximum atomic E-state index is 11.9. The van der Waals surface area contributed by atoms with Crippen LogP contribution in [0.15, 0.2) is 49.2 Å². The number of aryl methyl sites for hydroxylation is 1. The summed E-state index contributed by atoms with van der Waals surface area (Å²) in [7, 11) is 1.84. The third-order valence-corrected chi connectivity index (χ3v) is 6.30. The van der Waals surface area contributed by atoms with E-state index in [4.69, 9.17) is 14.5 Å². The number of nitrogens with zero attached hydrogens (tertiary/aromatic N) is 5. The third kappa shape index (κ3) is 4.49. The Morgan fingerprint density at radius 2 is 2.03 bits per heavy atom. The SMILES string of the molecule is C=C(C)c1c(Nc2nc(-c3ccc(C(=O)OCC)cc3)nn2C)ccc2c1cnn2C1CCCCO1. The summed E-state index contributed by atoms with van der Waals surface area (Å²) in [4.78, 5) is 16.6. The number of hydrogen-bond acceptors (Lipinski definition) is 7. The van der Waals surface area contributed by atoms with Crippen LogP contribution in [0.4, 0.5) is 11.6 Å². The fourth-order valence-electron chi connectivity index (χ4n) is 4.54. The van der Waals surface area contributed by atoms with Crippen LogP contribution < -0.4 is 5.32 Å². The van der Waals surface area contributed by atoms with Crippen LogP contribution in [0.1, 0.15) is 55.3 Å². The normalized spacial score (nSPS) is 15.7. The fraction of sp³-hybridized carbons (Fsp3) is 0.333. The largest absolute Gasteiger partial charge is 0.462 e. The molecule has 0 radical (unpaired) electrons. The van der Waals surface area contributed by atoms with E-state index in [1.165, 1.54) is 0 Å². The van der Waals surface area contributed by atoms with Gasteiger partial charge in [0.2, 0.25) is 5.95 Å². The Morgan fingerprint density at radius 1 is 1.22 bits per heavy atom. The summed E-state index contributed by atoms with van der Waals surface area (Å²) in [5, 5.41) is 13.7. The van der Waals surface area contributed by atoms with E-state index in [0.29, 0.717) is 23.9 Å². The number of carbonyl (C=O) groups excluding carboxylic acids is 1. The first-order valence-corrected chi connectivity index (χ1v) is 12.2. The molecular formula is C27H30N6O3. The van der Waals surface area contributed by atoms with Gasteiger partial charge in [0.15, 0.2) is 12.1 Å². The monoisotopic (exact) mass is 486 g/mol. The molecule has 1 saturated heterocycles. The minimum absolute atomic E-state index is 0.0375. The number of carbonyl (C=O) groups is 1. The Bertz CT molecular complexity index is 1410. The van der Waals surface area contributed by atoms with Crippen molar-refractivity contribution in [1.82, 2.24) is 24.5 Å². The zero-order valence-electron chi connectivity index (χ0n) is 20.8. The van der Waals surface area contributed by atoms with E-state index in [9.17, 15) is 4.79 Å². The van der Waals surface area contributed by atoms with Crippen molar-refractivity contribution in [3.8, 4) is 11.4 Å². The molecule has 9 nitrogen and oxygen atoms in total. The summed E-state index contributed by atoms with van der Waals surface area (Å²) in [6.07, 6.45) is 5.04. The predicted octanol–water partition coefficient (Wildman–Crippen LogP) is 5.48. The second-order valence-corrected chi connectivity index (χ2v) is 8.92. The highest BCUT2D eigenvalue weighted by atomic mass is 16.5. The van der Waals surface area contributed by atoms with Crippen molar-refractivity contribution in [2.24, 2.45) is 7.05 Å². The first-order valence-electron chi connectivity index (χ1n) is 12.2. The maximum absolute atomic E-state index is 11.9. The molecule has 1 atom stereocenters. The van der Waals surface area contributed by atoms with Gasteiger partial charge in [-0.1, -0.05) is 18.7 Å². The van der Waals surface area contributed by atoms with Crippen molar-refractivity contribution in [3.63, 3.8) is 0 Å². The molecule has 2 aromatic heterocycles. The van der Waals surface area contributed by atoms with Gasteiger partial charge in [-0.3, -0.25) is 0 Å². The van der Waals surface area contributed by atoms with Gasteiger partial charge in [-0.25, -0.2) is 14.2 Å². The summed E-state index contributed by atoms with van der Waals surface area (Å²) < 4.78 is 14.7. The van der Waals surface area contributed by atoms with Gasteiger partial charge in [0.25, 0.3) is 0 Å². The predicted molar refractivity (Wildman–Crippen MR) is 139 cm³/mol. The van der Waals surface area contributed by atoms with Gasteiger partial charge >= 0.3 is 5.97 Å². The number of fused-ring (bicyclic) bond motifs is 1. The van der Waals surface area contributed by atoms with Crippen LogP contribution in [0.3, 0.4) is 0 Å². The van der Waals surface area contributed by atoms with Crippen molar-refractivity contribution in [2.75, 3.05) is 18.5 Å². The third-order valence-electron chi connectivity index (χ3n) is 6.30. The number of hydrogen-bond donors (Lipinski definition) is 1. The number of rotatable bonds is 7. The highest BCUT2D eigenvalue weighted by molar-refractivity contribution is 5.97. The first-order chi connectivity index (χ1) is 17.5. The lowest BCUT2D eigenvalue weighted by atomic mass is 10.0. The number of nitrogens with one attached hydrogen (secondary N) is 1. The topological polar surface area (TPSA) is 96.1 Å². The van der Waals surface area contributed by atoms with Crippen molar-refractivity contribution in [2.45, 2.75) is 39.3 Å². The van der Waals surface area contributed by atoms with Crippen LogP contribution >= 0.6 is 0 Å². The van der Waals surface area contributed by atoms with E-state index in [0.717, 1.165) is 59.2 Å². The smallest absolute Gasteiger partial charge is 0.338 e. The molecule has 36 heavy (non-hydrogen) atoms. The number of aromatic nitrogens is 5. The molecule has 1 aliphatic heterocycles. The number of esters is 1. The van der Waals surface area contributed by atoms with Gasteiger partial charge in [0, 0.05) is 35.9 Å². The van der Waals surface area contributed by atoms with E-state index in [1.807, 2.05) is 43.0 Å². The number of benzene rings is 2. The van der Waals surface area contributed by atoms with Crippen LogP contribution in [0, 0.1) is 0 Å². The van der Waals surface area contributed by atoms with Gasteiger partial charge in [0.1, 0.15) is 0 Å². The summed E-state index contributed by atoms with van der Waals surface area (Å²) in [5.41, 5.74) is 5.09. The molecule has 9 heteroatoms. The number of ether oxygens (including phenoxy) is 2. The molecule has 0 aliphatic carbocycles. The highest BCUT2D eigenvalue weighted by Crippen LogP contribution is 2.35. The van der Waals surface area contributed by atoms with Crippen LogP contribution in [0.25, 0.3) is 27.9 Å². The second kappa shape index (κ2) is 9.94. The Kier molecular flexibility index (Phi) is 6.56. The zero-order valence-corrected chi connectivity index (χ0v) is 20.8. The summed E-state index contributed by atoms with van der Waals surface area (Å²) in [5.74, 6) is 0.793. The second-order valence-electron chi connectivity index (χ2n) is 8.92. The molecule has 5 rings (SSSR count). The lowest BCUT2D eigenvalue weighted by Gasteiger charge is -2.23. The van der Waals surface area contributed by atoms with Gasteiger partial charge in [-0.15, -0.1) is 5.10 Å². The molecule has 1 fully saturated rings. The highest BCUT2D eigenvalue weighted by Gasteiger charge is 2.21. The molecule has 1 N–H and O–H groups in total.